The first kappa shape index (κ1) is 40.3. The predicted molar refractivity (Wildman–Crippen MR) is 177 cm³/mol. The molecule has 6 bridgehead atoms. The Morgan fingerprint density at radius 2 is 1.47 bits per heavy atom. The Hall–Kier alpha value is -2.35. The third kappa shape index (κ3) is 6.81. The van der Waals surface area contributed by atoms with Crippen LogP contribution < -0.4 is 0 Å². The molecule has 53 heavy (non-hydrogen) atoms. The number of esters is 3. The van der Waals surface area contributed by atoms with E-state index in [2.05, 4.69) is 6.58 Å². The SMILES string of the molecule is C=C(OCCO)C(C)(C)CC(C)(CC1C(=O)OC(=O)C1C1C(C)C2CC(CC(O)(C(F)(F)F)C(F)(F)F)C1C2)C(=O)OC1(C)C2CC3CC(C2)CC1C3. The van der Waals surface area contributed by atoms with E-state index in [0.717, 1.165) is 25.7 Å². The lowest BCUT2D eigenvalue weighted by atomic mass is 9.50. The van der Waals surface area contributed by atoms with Crippen LogP contribution in [0.3, 0.4) is 0 Å². The lowest BCUT2D eigenvalue weighted by molar-refractivity contribution is -0.373. The van der Waals surface area contributed by atoms with E-state index < -0.39 is 88.3 Å². The van der Waals surface area contributed by atoms with Gasteiger partial charge in [0.1, 0.15) is 12.2 Å². The normalized spacial score (nSPS) is 39.3. The van der Waals surface area contributed by atoms with Gasteiger partial charge in [-0.25, -0.2) is 0 Å². The van der Waals surface area contributed by atoms with Crippen molar-refractivity contribution < 1.29 is 65.1 Å². The van der Waals surface area contributed by atoms with E-state index >= 15 is 0 Å². The number of cyclic esters (lactones) is 2. The van der Waals surface area contributed by atoms with Crippen LogP contribution in [0.25, 0.3) is 0 Å². The van der Waals surface area contributed by atoms with Crippen molar-refractivity contribution in [2.75, 3.05) is 13.2 Å². The topological polar surface area (TPSA) is 119 Å². The summed E-state index contributed by atoms with van der Waals surface area (Å²) < 4.78 is 100. The Morgan fingerprint density at radius 1 is 0.906 bits per heavy atom. The highest BCUT2D eigenvalue weighted by molar-refractivity contribution is 5.97. The minimum absolute atomic E-state index is 0.00793. The Balaban J connectivity index is 1.31. The first-order valence-corrected chi connectivity index (χ1v) is 19.1. The van der Waals surface area contributed by atoms with Gasteiger partial charge in [0.25, 0.3) is 5.60 Å². The van der Waals surface area contributed by atoms with E-state index in [9.17, 15) is 50.9 Å². The maximum atomic E-state index is 14.8. The third-order valence-electron chi connectivity index (χ3n) is 14.9. The van der Waals surface area contributed by atoms with E-state index in [1.807, 2.05) is 6.92 Å². The lowest BCUT2D eigenvalue weighted by Gasteiger charge is -2.59. The predicted octanol–water partition coefficient (Wildman–Crippen LogP) is 7.55. The number of halogens is 6. The van der Waals surface area contributed by atoms with Crippen molar-refractivity contribution in [1.29, 1.82) is 0 Å². The molecule has 0 aromatic rings. The van der Waals surface area contributed by atoms with Crippen LogP contribution in [0, 0.1) is 75.9 Å². The quantitative estimate of drug-likeness (QED) is 0.0855. The summed E-state index contributed by atoms with van der Waals surface area (Å²) in [6.45, 7) is 12.7. The highest BCUT2D eigenvalue weighted by Crippen LogP contribution is 2.64. The highest BCUT2D eigenvalue weighted by atomic mass is 19.4. The van der Waals surface area contributed by atoms with Gasteiger partial charge < -0.3 is 24.4 Å². The maximum absolute atomic E-state index is 14.8. The number of aliphatic hydroxyl groups excluding tert-OH is 1. The smallest absolute Gasteiger partial charge is 0.426 e. The van der Waals surface area contributed by atoms with E-state index in [4.69, 9.17) is 14.2 Å². The number of hydrogen-bond acceptors (Lipinski definition) is 8. The molecule has 0 aromatic carbocycles. The van der Waals surface area contributed by atoms with Crippen LogP contribution in [0.15, 0.2) is 12.3 Å². The van der Waals surface area contributed by atoms with E-state index in [-0.39, 0.29) is 68.3 Å². The molecule has 8 atom stereocenters. The second-order valence-electron chi connectivity index (χ2n) is 18.7. The van der Waals surface area contributed by atoms with Gasteiger partial charge in [0.15, 0.2) is 0 Å². The Morgan fingerprint density at radius 3 is 1.98 bits per heavy atom. The van der Waals surface area contributed by atoms with Crippen molar-refractivity contribution in [3.63, 3.8) is 0 Å². The molecule has 300 valence electrons. The molecule has 0 aromatic heterocycles. The molecular weight excluding hydrogens is 710 g/mol. The van der Waals surface area contributed by atoms with Crippen molar-refractivity contribution in [2.24, 2.45) is 75.9 Å². The van der Waals surface area contributed by atoms with Crippen molar-refractivity contribution >= 4 is 17.9 Å². The van der Waals surface area contributed by atoms with Gasteiger partial charge >= 0.3 is 30.3 Å². The molecule has 8 unspecified atom stereocenters. The second-order valence-corrected chi connectivity index (χ2v) is 18.7. The summed E-state index contributed by atoms with van der Waals surface area (Å²) in [5.41, 5.74) is -8.05. The minimum atomic E-state index is -5.98. The maximum Gasteiger partial charge on any atom is 0.426 e. The minimum Gasteiger partial charge on any atom is -0.496 e. The largest absolute Gasteiger partial charge is 0.496 e. The van der Waals surface area contributed by atoms with Gasteiger partial charge in [0, 0.05) is 5.41 Å². The van der Waals surface area contributed by atoms with Crippen molar-refractivity contribution in [3.05, 3.63) is 12.3 Å². The molecule has 8 nitrogen and oxygen atoms in total. The summed E-state index contributed by atoms with van der Waals surface area (Å²) in [5, 5.41) is 19.5. The van der Waals surface area contributed by atoms with E-state index in [0.29, 0.717) is 11.8 Å². The Bertz CT molecular complexity index is 1430. The average Bonchev–Trinajstić information content (AvgIpc) is 3.66. The van der Waals surface area contributed by atoms with Crippen LogP contribution >= 0.6 is 0 Å². The zero-order valence-corrected chi connectivity index (χ0v) is 31.2. The summed E-state index contributed by atoms with van der Waals surface area (Å²) in [5.74, 6) is -6.56. The molecule has 14 heteroatoms. The summed E-state index contributed by atoms with van der Waals surface area (Å²) in [6, 6.07) is 0. The molecule has 7 fully saturated rings. The number of rotatable bonds is 13. The van der Waals surface area contributed by atoms with Crippen molar-refractivity contribution in [1.82, 2.24) is 0 Å². The van der Waals surface area contributed by atoms with Crippen LogP contribution in [0.2, 0.25) is 0 Å². The molecule has 7 rings (SSSR count). The summed E-state index contributed by atoms with van der Waals surface area (Å²) in [4.78, 5) is 42.0. The number of aliphatic hydroxyl groups is 2. The fraction of sp³-hybridized carbons (Fsp3) is 0.872. The van der Waals surface area contributed by atoms with Gasteiger partial charge in [-0.05, 0) is 131 Å². The molecule has 0 spiro atoms. The molecule has 1 saturated heterocycles. The summed E-state index contributed by atoms with van der Waals surface area (Å²) in [6.07, 6.45) is -8.49. The number of carbonyl (C=O) groups excluding carboxylic acids is 3. The van der Waals surface area contributed by atoms with Gasteiger partial charge in [-0.1, -0.05) is 27.4 Å². The summed E-state index contributed by atoms with van der Waals surface area (Å²) in [7, 11) is 0. The van der Waals surface area contributed by atoms with Gasteiger partial charge in [-0.3, -0.25) is 14.4 Å². The van der Waals surface area contributed by atoms with Gasteiger partial charge in [-0.15, -0.1) is 0 Å². The first-order valence-electron chi connectivity index (χ1n) is 19.1. The van der Waals surface area contributed by atoms with Gasteiger partial charge in [0.2, 0.25) is 0 Å². The molecule has 7 aliphatic rings. The van der Waals surface area contributed by atoms with E-state index in [1.54, 1.807) is 27.7 Å². The fourth-order valence-electron chi connectivity index (χ4n) is 12.4. The second kappa shape index (κ2) is 13.4. The number of ether oxygens (including phenoxy) is 3. The Labute approximate surface area is 306 Å². The standard InChI is InChI=1S/C39H54F6O8/c1-19-23-14-24(16-37(50,38(40,41)42)39(43,44)45)27(15-23)29(19)30-28(31(47)52-32(30)48)17-35(5,18-34(3,4)20(2)51-8-7-46)33(49)53-36(6)25-10-21-9-22(12-25)13-26(36)11-21/h19,21-30,46,50H,2,7-18H2,1,3-6H3. The van der Waals surface area contributed by atoms with Crippen LogP contribution in [0.1, 0.15) is 98.8 Å². The van der Waals surface area contributed by atoms with Gasteiger partial charge in [0.05, 0.1) is 29.6 Å². The molecule has 1 aliphatic heterocycles. The van der Waals surface area contributed by atoms with Gasteiger partial charge in [-0.2, -0.15) is 26.3 Å². The van der Waals surface area contributed by atoms with E-state index in [1.165, 1.54) is 6.42 Å². The lowest BCUT2D eigenvalue weighted by Crippen LogP contribution is -2.59. The zero-order valence-electron chi connectivity index (χ0n) is 31.2. The first-order chi connectivity index (χ1) is 24.3. The monoisotopic (exact) mass is 764 g/mol. The fourth-order valence-corrected chi connectivity index (χ4v) is 12.4. The number of hydrogen-bond donors (Lipinski definition) is 2. The number of fused-ring (bicyclic) bond motifs is 2. The van der Waals surface area contributed by atoms with Crippen molar-refractivity contribution in [3.8, 4) is 0 Å². The number of allylic oxidation sites excluding steroid dienone is 1. The highest BCUT2D eigenvalue weighted by Gasteiger charge is 2.72. The molecule has 0 amide bonds. The van der Waals surface area contributed by atoms with Crippen LogP contribution in [-0.4, -0.2) is 64.9 Å². The number of alkyl halides is 6. The van der Waals surface area contributed by atoms with Crippen LogP contribution in [0.5, 0.6) is 0 Å². The van der Waals surface area contributed by atoms with Crippen LogP contribution in [-0.2, 0) is 28.6 Å². The Kier molecular flexibility index (Phi) is 10.2. The molecule has 0 radical (unpaired) electrons. The zero-order chi connectivity index (χ0) is 39.3. The molecule has 2 N–H and O–H groups in total. The number of carbonyl (C=O) groups is 3. The molecule has 6 aliphatic carbocycles. The van der Waals surface area contributed by atoms with Crippen LogP contribution in [0.4, 0.5) is 26.3 Å². The summed E-state index contributed by atoms with van der Waals surface area (Å²) >= 11 is 0. The molecule has 1 heterocycles. The average molecular weight is 765 g/mol. The molecule has 6 saturated carbocycles. The molecular formula is C39H54F6O8. The van der Waals surface area contributed by atoms with Crippen molar-refractivity contribution in [2.45, 2.75) is 122 Å². The third-order valence-corrected chi connectivity index (χ3v) is 14.9.